The van der Waals surface area contributed by atoms with E-state index in [1.54, 1.807) is 7.11 Å². The first kappa shape index (κ1) is 16.3. The number of anilines is 2. The van der Waals surface area contributed by atoms with Gasteiger partial charge in [0.05, 0.1) is 25.4 Å². The van der Waals surface area contributed by atoms with Crippen LogP contribution in [0, 0.1) is 0 Å². The number of ether oxygens (including phenoxy) is 2. The van der Waals surface area contributed by atoms with Crippen LogP contribution in [0.1, 0.15) is 19.3 Å². The molecule has 2 aromatic carbocycles. The van der Waals surface area contributed by atoms with E-state index in [0.717, 1.165) is 50.4 Å². The van der Waals surface area contributed by atoms with Gasteiger partial charge >= 0.3 is 0 Å². The normalized spacial score (nSPS) is 22.1. The van der Waals surface area contributed by atoms with Crippen molar-refractivity contribution in [3.63, 3.8) is 0 Å². The molecule has 1 N–H and O–H groups in total. The second kappa shape index (κ2) is 6.96. The van der Waals surface area contributed by atoms with Crippen LogP contribution in [0.2, 0.25) is 0 Å². The lowest BCUT2D eigenvalue weighted by atomic mass is 9.87. The molecule has 0 aliphatic carbocycles. The standard InChI is InChI=1S/C21H26N2O2/c1-24-20-9-5-6-17(14-20)22-18-15-21(25-16-18)10-12-23(13-11-21)19-7-3-2-4-8-19/h2-9,14,18,22H,10-13,15-16H2,1H3. The fourth-order valence-electron chi connectivity index (χ4n) is 4.05. The van der Waals surface area contributed by atoms with Gasteiger partial charge in [-0.2, -0.15) is 0 Å². The predicted molar refractivity (Wildman–Crippen MR) is 102 cm³/mol. The highest BCUT2D eigenvalue weighted by molar-refractivity contribution is 5.49. The number of methoxy groups -OCH3 is 1. The van der Waals surface area contributed by atoms with Crippen LogP contribution >= 0.6 is 0 Å². The summed E-state index contributed by atoms with van der Waals surface area (Å²) in [6, 6.07) is 19.2. The zero-order valence-corrected chi connectivity index (χ0v) is 14.8. The third kappa shape index (κ3) is 3.59. The molecular formula is C21H26N2O2. The van der Waals surface area contributed by atoms with Gasteiger partial charge in [0.1, 0.15) is 5.75 Å². The first-order valence-electron chi connectivity index (χ1n) is 9.11. The Bertz CT molecular complexity index is 696. The third-order valence-electron chi connectivity index (χ3n) is 5.45. The Labute approximate surface area is 149 Å². The predicted octanol–water partition coefficient (Wildman–Crippen LogP) is 3.94. The van der Waals surface area contributed by atoms with Crippen LogP contribution in [-0.4, -0.2) is 38.4 Å². The summed E-state index contributed by atoms with van der Waals surface area (Å²) >= 11 is 0. The Hall–Kier alpha value is -2.20. The smallest absolute Gasteiger partial charge is 0.120 e. The van der Waals surface area contributed by atoms with Gasteiger partial charge < -0.3 is 19.7 Å². The lowest BCUT2D eigenvalue weighted by Crippen LogP contribution is -2.44. The Balaban J connectivity index is 1.34. The van der Waals surface area contributed by atoms with Crippen molar-refractivity contribution in [1.82, 2.24) is 0 Å². The average molecular weight is 338 g/mol. The first-order valence-corrected chi connectivity index (χ1v) is 9.11. The number of piperidine rings is 1. The average Bonchev–Trinajstić information content (AvgIpc) is 3.05. The molecule has 25 heavy (non-hydrogen) atoms. The zero-order chi connectivity index (χ0) is 17.1. The van der Waals surface area contributed by atoms with E-state index in [2.05, 4.69) is 46.6 Å². The molecule has 1 atom stereocenters. The molecule has 1 spiro atoms. The van der Waals surface area contributed by atoms with E-state index >= 15 is 0 Å². The van der Waals surface area contributed by atoms with Gasteiger partial charge in [0.25, 0.3) is 0 Å². The molecule has 0 saturated carbocycles. The van der Waals surface area contributed by atoms with E-state index < -0.39 is 0 Å². The van der Waals surface area contributed by atoms with E-state index in [4.69, 9.17) is 9.47 Å². The van der Waals surface area contributed by atoms with Gasteiger partial charge in [0.2, 0.25) is 0 Å². The summed E-state index contributed by atoms with van der Waals surface area (Å²) in [7, 11) is 1.70. The molecule has 2 aliphatic rings. The molecule has 4 rings (SSSR count). The van der Waals surface area contributed by atoms with Crippen LogP contribution in [0.25, 0.3) is 0 Å². The monoisotopic (exact) mass is 338 g/mol. The Kier molecular flexibility index (Phi) is 4.53. The van der Waals surface area contributed by atoms with Crippen molar-refractivity contribution in [1.29, 1.82) is 0 Å². The molecule has 132 valence electrons. The Morgan fingerprint density at radius 1 is 1.08 bits per heavy atom. The second-order valence-corrected chi connectivity index (χ2v) is 7.09. The summed E-state index contributed by atoms with van der Waals surface area (Å²) in [5, 5.41) is 3.61. The summed E-state index contributed by atoms with van der Waals surface area (Å²) in [6.45, 7) is 2.91. The highest BCUT2D eigenvalue weighted by Gasteiger charge is 2.42. The second-order valence-electron chi connectivity index (χ2n) is 7.09. The van der Waals surface area contributed by atoms with Crippen molar-refractivity contribution < 1.29 is 9.47 Å². The minimum atomic E-state index is 0.0435. The van der Waals surface area contributed by atoms with Crippen molar-refractivity contribution in [3.8, 4) is 5.75 Å². The molecule has 1 unspecified atom stereocenters. The molecule has 2 aromatic rings. The number of hydrogen-bond donors (Lipinski definition) is 1. The van der Waals surface area contributed by atoms with E-state index in [1.807, 2.05) is 18.2 Å². The molecule has 2 heterocycles. The number of rotatable bonds is 4. The fourth-order valence-corrected chi connectivity index (χ4v) is 4.05. The van der Waals surface area contributed by atoms with Crippen molar-refractivity contribution in [3.05, 3.63) is 54.6 Å². The van der Waals surface area contributed by atoms with Crippen LogP contribution in [-0.2, 0) is 4.74 Å². The van der Waals surface area contributed by atoms with Crippen LogP contribution in [0.5, 0.6) is 5.75 Å². The summed E-state index contributed by atoms with van der Waals surface area (Å²) in [5.41, 5.74) is 2.47. The maximum absolute atomic E-state index is 6.29. The molecule has 0 aromatic heterocycles. The maximum Gasteiger partial charge on any atom is 0.120 e. The van der Waals surface area contributed by atoms with Crippen LogP contribution in [0.4, 0.5) is 11.4 Å². The largest absolute Gasteiger partial charge is 0.497 e. The number of benzene rings is 2. The molecule has 2 saturated heterocycles. The summed E-state index contributed by atoms with van der Waals surface area (Å²) in [5.74, 6) is 0.884. The number of para-hydroxylation sites is 1. The molecule has 0 amide bonds. The maximum atomic E-state index is 6.29. The van der Waals surface area contributed by atoms with Crippen LogP contribution in [0.3, 0.4) is 0 Å². The van der Waals surface area contributed by atoms with E-state index in [0.29, 0.717) is 6.04 Å². The van der Waals surface area contributed by atoms with E-state index in [1.165, 1.54) is 5.69 Å². The zero-order valence-electron chi connectivity index (χ0n) is 14.8. The minimum Gasteiger partial charge on any atom is -0.497 e. The van der Waals surface area contributed by atoms with Crippen molar-refractivity contribution in [2.45, 2.75) is 30.9 Å². The van der Waals surface area contributed by atoms with Gasteiger partial charge in [-0.05, 0) is 43.5 Å². The molecule has 2 aliphatic heterocycles. The molecule has 4 nitrogen and oxygen atoms in total. The van der Waals surface area contributed by atoms with Crippen molar-refractivity contribution in [2.75, 3.05) is 37.0 Å². The van der Waals surface area contributed by atoms with Gasteiger partial charge in [-0.1, -0.05) is 24.3 Å². The quantitative estimate of drug-likeness (QED) is 0.916. The van der Waals surface area contributed by atoms with Crippen molar-refractivity contribution in [2.24, 2.45) is 0 Å². The van der Waals surface area contributed by atoms with Gasteiger partial charge in [0.15, 0.2) is 0 Å². The SMILES string of the molecule is COc1cccc(NC2COC3(CCN(c4ccccc4)CC3)C2)c1. The molecule has 0 radical (unpaired) electrons. The molecule has 0 bridgehead atoms. The third-order valence-corrected chi connectivity index (χ3v) is 5.45. The van der Waals surface area contributed by atoms with Crippen molar-refractivity contribution >= 4 is 11.4 Å². The fraction of sp³-hybridized carbons (Fsp3) is 0.429. The van der Waals surface area contributed by atoms with E-state index in [-0.39, 0.29) is 5.60 Å². The highest BCUT2D eigenvalue weighted by atomic mass is 16.5. The van der Waals surface area contributed by atoms with Gasteiger partial charge in [-0.3, -0.25) is 0 Å². The molecular weight excluding hydrogens is 312 g/mol. The minimum absolute atomic E-state index is 0.0435. The number of nitrogens with zero attached hydrogens (tertiary/aromatic N) is 1. The lowest BCUT2D eigenvalue weighted by Gasteiger charge is -2.39. The van der Waals surface area contributed by atoms with Crippen LogP contribution < -0.4 is 15.0 Å². The van der Waals surface area contributed by atoms with E-state index in [9.17, 15) is 0 Å². The number of nitrogens with one attached hydrogen (secondary N) is 1. The highest BCUT2D eigenvalue weighted by Crippen LogP contribution is 2.38. The molecule has 2 fully saturated rings. The summed E-state index contributed by atoms with van der Waals surface area (Å²) in [4.78, 5) is 2.47. The van der Waals surface area contributed by atoms with Gasteiger partial charge in [0, 0.05) is 30.5 Å². The topological polar surface area (TPSA) is 33.7 Å². The number of hydrogen-bond acceptors (Lipinski definition) is 4. The summed E-state index contributed by atoms with van der Waals surface area (Å²) in [6.07, 6.45) is 3.27. The summed E-state index contributed by atoms with van der Waals surface area (Å²) < 4.78 is 11.6. The Morgan fingerprint density at radius 3 is 2.64 bits per heavy atom. The van der Waals surface area contributed by atoms with Gasteiger partial charge in [-0.15, -0.1) is 0 Å². The molecule has 4 heteroatoms. The Morgan fingerprint density at radius 2 is 1.88 bits per heavy atom. The van der Waals surface area contributed by atoms with Crippen LogP contribution in [0.15, 0.2) is 54.6 Å². The first-order chi connectivity index (χ1) is 12.3. The lowest BCUT2D eigenvalue weighted by molar-refractivity contribution is -0.0147. The van der Waals surface area contributed by atoms with Gasteiger partial charge in [-0.25, -0.2) is 0 Å².